The van der Waals surface area contributed by atoms with E-state index in [9.17, 15) is 17.7 Å². The second kappa shape index (κ2) is 3.42. The minimum Gasteiger partial charge on any atom is -0.307 e. The smallest absolute Gasteiger partial charge is 0.123 e. The first-order chi connectivity index (χ1) is 6.30. The first-order valence-corrected chi connectivity index (χ1v) is 6.40. The van der Waals surface area contributed by atoms with Crippen LogP contribution in [0.15, 0.2) is 24.3 Å². The highest BCUT2D eigenvalue weighted by atomic mass is 32.3. The maximum atomic E-state index is 12.5. The van der Waals surface area contributed by atoms with Crippen LogP contribution in [0.25, 0.3) is 0 Å². The summed E-state index contributed by atoms with van der Waals surface area (Å²) in [5, 5.41) is 0. The van der Waals surface area contributed by atoms with Crippen molar-refractivity contribution in [3.05, 3.63) is 35.6 Å². The number of hydrogen-bond acceptors (Lipinski definition) is 1. The average Bonchev–Trinajstić information content (AvgIpc) is 2.08. The Morgan fingerprint density at radius 3 is 2.21 bits per heavy atom. The van der Waals surface area contributed by atoms with E-state index in [0.717, 1.165) is 0 Å². The topological polar surface area (TPSA) is 57.5 Å². The molecule has 0 aliphatic heterocycles. The van der Waals surface area contributed by atoms with Gasteiger partial charge in [-0.15, -0.1) is 0 Å². The summed E-state index contributed by atoms with van der Waals surface area (Å²) in [4.78, 5) is 0. The predicted octanol–water partition coefficient (Wildman–Crippen LogP) is 2.11. The second-order valence-corrected chi connectivity index (χ2v) is 6.49. The molecule has 0 unspecified atom stereocenters. The Kier molecular flexibility index (Phi) is 2.76. The molecule has 0 atom stereocenters. The molecule has 0 aliphatic carbocycles. The van der Waals surface area contributed by atoms with Crippen LogP contribution in [0.2, 0.25) is 0 Å². The third kappa shape index (κ3) is 3.17. The van der Waals surface area contributed by atoms with Gasteiger partial charge in [0.05, 0.1) is 15.4 Å². The Balaban J connectivity index is 2.90. The van der Waals surface area contributed by atoms with Gasteiger partial charge in [0.2, 0.25) is 0 Å². The van der Waals surface area contributed by atoms with Gasteiger partial charge in [0.25, 0.3) is 0 Å². The first-order valence-electron chi connectivity index (χ1n) is 4.18. The van der Waals surface area contributed by atoms with E-state index in [1.54, 1.807) is 0 Å². The summed E-state index contributed by atoms with van der Waals surface area (Å²) in [5.74, 6) is -0.993. The fourth-order valence-corrected chi connectivity index (χ4v) is 2.08. The molecule has 1 aromatic rings. The van der Waals surface area contributed by atoms with Gasteiger partial charge >= 0.3 is 0 Å². The molecule has 2 N–H and O–H groups in total. The molecule has 0 fully saturated rings. The third-order valence-corrected chi connectivity index (χ3v) is 4.02. The molecule has 0 amide bonds. The minimum absolute atomic E-state index is 0.228. The molecule has 80 valence electrons. The molecule has 3 nitrogen and oxygen atoms in total. The summed E-state index contributed by atoms with van der Waals surface area (Å²) in [6.07, 6.45) is 0. The fraction of sp³-hybridized carbons (Fsp3) is 0.333. The van der Waals surface area contributed by atoms with Gasteiger partial charge in [0, 0.05) is 5.75 Å². The van der Waals surface area contributed by atoms with Crippen molar-refractivity contribution in [1.29, 1.82) is 0 Å². The molecule has 0 spiro atoms. The Bertz CT molecular complexity index is 380. The van der Waals surface area contributed by atoms with Gasteiger partial charge < -0.3 is 9.11 Å². The average molecular weight is 220 g/mol. The summed E-state index contributed by atoms with van der Waals surface area (Å²) < 4.78 is 42.6. The predicted molar refractivity (Wildman–Crippen MR) is 54.0 cm³/mol. The van der Waals surface area contributed by atoms with Crippen molar-refractivity contribution >= 4 is 9.63 Å². The third-order valence-electron chi connectivity index (χ3n) is 1.95. The van der Waals surface area contributed by atoms with Crippen molar-refractivity contribution in [2.24, 2.45) is 0 Å². The van der Waals surface area contributed by atoms with E-state index in [2.05, 4.69) is 0 Å². The van der Waals surface area contributed by atoms with E-state index in [1.165, 1.54) is 31.2 Å². The van der Waals surface area contributed by atoms with Gasteiger partial charge in [-0.3, -0.25) is 0 Å². The molecule has 0 heterocycles. The monoisotopic (exact) mass is 220 g/mol. The van der Waals surface area contributed by atoms with Gasteiger partial charge in [-0.05, 0) is 17.7 Å². The summed E-state index contributed by atoms with van der Waals surface area (Å²) >= 11 is 0. The second-order valence-electron chi connectivity index (χ2n) is 3.25. The maximum Gasteiger partial charge on any atom is 0.123 e. The molecule has 0 radical (unpaired) electrons. The van der Waals surface area contributed by atoms with Crippen molar-refractivity contribution in [3.63, 3.8) is 0 Å². The SMILES string of the molecule is CCS(=O)(O)(O)Cc1ccc(F)cc1. The molecule has 1 aromatic carbocycles. The zero-order chi connectivity index (χ0) is 10.8. The van der Waals surface area contributed by atoms with Crippen LogP contribution in [0.4, 0.5) is 4.39 Å². The van der Waals surface area contributed by atoms with E-state index in [-0.39, 0.29) is 11.5 Å². The minimum atomic E-state index is -4.53. The lowest BCUT2D eigenvalue weighted by Gasteiger charge is -2.29. The van der Waals surface area contributed by atoms with Crippen molar-refractivity contribution in [1.82, 2.24) is 0 Å². The van der Waals surface area contributed by atoms with Gasteiger partial charge in [0.15, 0.2) is 0 Å². The normalized spacial score (nSPS) is 14.7. The summed E-state index contributed by atoms with van der Waals surface area (Å²) in [5.41, 5.74) is 0.440. The van der Waals surface area contributed by atoms with Crippen LogP contribution in [0.3, 0.4) is 0 Å². The molecule has 14 heavy (non-hydrogen) atoms. The van der Waals surface area contributed by atoms with Crippen molar-refractivity contribution in [2.45, 2.75) is 12.7 Å². The molecule has 5 heteroatoms. The first kappa shape index (κ1) is 11.3. The summed E-state index contributed by atoms with van der Waals surface area (Å²) in [6, 6.07) is 5.14. The lowest BCUT2D eigenvalue weighted by atomic mass is 10.2. The van der Waals surface area contributed by atoms with Crippen molar-refractivity contribution in [3.8, 4) is 0 Å². The van der Waals surface area contributed by atoms with E-state index >= 15 is 0 Å². The Morgan fingerprint density at radius 2 is 1.79 bits per heavy atom. The highest BCUT2D eigenvalue weighted by molar-refractivity contribution is 8.09. The molecular formula is C9H13FO3S. The van der Waals surface area contributed by atoms with E-state index in [1.807, 2.05) is 0 Å². The standard InChI is InChI=1S/C9H13FO3S/c1-2-14(11,12,13)7-8-3-5-9(10)6-4-8/h3-6H,2,7H2,1H3,(H2,11,12,13). The number of hydrogen-bond donors (Lipinski definition) is 2. The molecule has 0 bridgehead atoms. The fourth-order valence-electron chi connectivity index (χ4n) is 1.02. The Hall–Kier alpha value is -0.780. The van der Waals surface area contributed by atoms with Gasteiger partial charge in [-0.2, -0.15) is 0 Å². The highest BCUT2D eigenvalue weighted by Crippen LogP contribution is 2.22. The zero-order valence-corrected chi connectivity index (χ0v) is 8.63. The van der Waals surface area contributed by atoms with Crippen molar-refractivity contribution in [2.75, 3.05) is 5.75 Å². The van der Waals surface area contributed by atoms with Crippen LogP contribution in [0, 0.1) is 5.82 Å². The number of rotatable bonds is 3. The molecule has 0 aliphatic rings. The van der Waals surface area contributed by atoms with Crippen LogP contribution < -0.4 is 0 Å². The summed E-state index contributed by atoms with van der Waals surface area (Å²) in [7, 11) is -4.53. The van der Waals surface area contributed by atoms with Gasteiger partial charge in [-0.25, -0.2) is 8.60 Å². The van der Waals surface area contributed by atoms with Crippen LogP contribution in [0.5, 0.6) is 0 Å². The van der Waals surface area contributed by atoms with E-state index in [0.29, 0.717) is 5.56 Å². The summed E-state index contributed by atoms with van der Waals surface area (Å²) in [6.45, 7) is 1.43. The van der Waals surface area contributed by atoms with Crippen LogP contribution >= 0.6 is 0 Å². The van der Waals surface area contributed by atoms with E-state index in [4.69, 9.17) is 0 Å². The van der Waals surface area contributed by atoms with Crippen LogP contribution in [-0.2, 0) is 15.4 Å². The quantitative estimate of drug-likeness (QED) is 0.820. The zero-order valence-electron chi connectivity index (χ0n) is 7.81. The molecular weight excluding hydrogens is 207 g/mol. The van der Waals surface area contributed by atoms with Crippen molar-refractivity contribution < 1.29 is 17.7 Å². The maximum absolute atomic E-state index is 12.5. The lowest BCUT2D eigenvalue weighted by molar-refractivity contribution is 0.390. The van der Waals surface area contributed by atoms with Gasteiger partial charge in [-0.1, -0.05) is 19.1 Å². The van der Waals surface area contributed by atoms with Gasteiger partial charge in [0.1, 0.15) is 5.82 Å². The number of halogens is 1. The molecule has 0 aromatic heterocycles. The van der Waals surface area contributed by atoms with E-state index < -0.39 is 15.4 Å². The molecule has 0 saturated carbocycles. The van der Waals surface area contributed by atoms with Crippen LogP contribution in [0.1, 0.15) is 12.5 Å². The largest absolute Gasteiger partial charge is 0.307 e. The molecule has 1 rings (SSSR count). The number of benzene rings is 1. The Labute approximate surface area is 82.0 Å². The molecule has 0 saturated heterocycles. The highest BCUT2D eigenvalue weighted by Gasteiger charge is 2.27. The Morgan fingerprint density at radius 1 is 1.29 bits per heavy atom. The van der Waals surface area contributed by atoms with Crippen LogP contribution in [-0.4, -0.2) is 19.1 Å². The lowest BCUT2D eigenvalue weighted by Crippen LogP contribution is -2.35.